The van der Waals surface area contributed by atoms with E-state index in [1.54, 1.807) is 0 Å². The van der Waals surface area contributed by atoms with Crippen LogP contribution in [0.15, 0.2) is 0 Å². The molecule has 0 aliphatic rings. The van der Waals surface area contributed by atoms with E-state index in [0.717, 1.165) is 70.1 Å². The molecule has 0 aliphatic heterocycles. The lowest BCUT2D eigenvalue weighted by Gasteiger charge is -2.18. The SMILES string of the molecule is CCCCCCCCCCCCC(=O)O[C@H](COC(=O)CCCCCCC)COC(=O)CCCCCCCCCCCCCCCCCCC(C)C. The second-order valence-corrected chi connectivity index (χ2v) is 16.2. The average Bonchev–Trinajstić information content (AvgIpc) is 3.12. The Hall–Kier alpha value is -1.59. The predicted octanol–water partition coefficient (Wildman–Crippen LogP) is 14.3. The van der Waals surface area contributed by atoms with E-state index in [1.165, 1.54) is 141 Å². The molecular formula is C46H88O6. The van der Waals surface area contributed by atoms with E-state index in [2.05, 4.69) is 27.7 Å². The van der Waals surface area contributed by atoms with Crippen LogP contribution in [0.4, 0.5) is 0 Å². The van der Waals surface area contributed by atoms with Crippen molar-refractivity contribution in [3.05, 3.63) is 0 Å². The Bertz CT molecular complexity index is 781. The van der Waals surface area contributed by atoms with Crippen LogP contribution in [-0.4, -0.2) is 37.2 Å². The van der Waals surface area contributed by atoms with E-state index in [-0.39, 0.29) is 31.1 Å². The maximum absolute atomic E-state index is 12.6. The molecule has 0 aromatic carbocycles. The van der Waals surface area contributed by atoms with Gasteiger partial charge in [-0.2, -0.15) is 0 Å². The van der Waals surface area contributed by atoms with Gasteiger partial charge in [-0.25, -0.2) is 0 Å². The molecule has 0 saturated carbocycles. The molecular weight excluding hydrogens is 649 g/mol. The summed E-state index contributed by atoms with van der Waals surface area (Å²) in [6, 6.07) is 0. The summed E-state index contributed by atoms with van der Waals surface area (Å²) in [5.41, 5.74) is 0. The van der Waals surface area contributed by atoms with Crippen LogP contribution < -0.4 is 0 Å². The molecule has 0 aromatic heterocycles. The van der Waals surface area contributed by atoms with Crippen molar-refractivity contribution in [3.63, 3.8) is 0 Å². The molecule has 0 N–H and O–H groups in total. The fourth-order valence-corrected chi connectivity index (χ4v) is 6.80. The summed E-state index contributed by atoms with van der Waals surface area (Å²) < 4.78 is 16.6. The van der Waals surface area contributed by atoms with Crippen molar-refractivity contribution < 1.29 is 28.6 Å². The molecule has 0 spiro atoms. The summed E-state index contributed by atoms with van der Waals surface area (Å²) >= 11 is 0. The summed E-state index contributed by atoms with van der Waals surface area (Å²) in [6.45, 7) is 8.92. The largest absolute Gasteiger partial charge is 0.462 e. The highest BCUT2D eigenvalue weighted by molar-refractivity contribution is 5.71. The van der Waals surface area contributed by atoms with E-state index in [0.29, 0.717) is 19.3 Å². The quantitative estimate of drug-likeness (QED) is 0.0353. The van der Waals surface area contributed by atoms with Crippen LogP contribution in [0.3, 0.4) is 0 Å². The molecule has 0 saturated heterocycles. The van der Waals surface area contributed by atoms with Crippen molar-refractivity contribution in [2.45, 2.75) is 259 Å². The molecule has 6 heteroatoms. The number of esters is 3. The molecule has 0 aliphatic carbocycles. The topological polar surface area (TPSA) is 78.9 Å². The van der Waals surface area contributed by atoms with Gasteiger partial charge in [-0.15, -0.1) is 0 Å². The zero-order valence-corrected chi connectivity index (χ0v) is 35.3. The normalized spacial score (nSPS) is 11.9. The molecule has 1 atom stereocenters. The van der Waals surface area contributed by atoms with Crippen LogP contribution >= 0.6 is 0 Å². The van der Waals surface area contributed by atoms with Crippen LogP contribution in [0.2, 0.25) is 0 Å². The smallest absolute Gasteiger partial charge is 0.306 e. The molecule has 0 fully saturated rings. The van der Waals surface area contributed by atoms with E-state index in [9.17, 15) is 14.4 Å². The minimum atomic E-state index is -0.756. The van der Waals surface area contributed by atoms with Crippen LogP contribution in [0.5, 0.6) is 0 Å². The van der Waals surface area contributed by atoms with Crippen molar-refractivity contribution in [1.29, 1.82) is 0 Å². The minimum Gasteiger partial charge on any atom is -0.462 e. The van der Waals surface area contributed by atoms with Crippen molar-refractivity contribution in [1.82, 2.24) is 0 Å². The maximum atomic E-state index is 12.6. The van der Waals surface area contributed by atoms with Crippen LogP contribution in [0.25, 0.3) is 0 Å². The summed E-state index contributed by atoms with van der Waals surface area (Å²) in [4.78, 5) is 37.4. The number of hydrogen-bond acceptors (Lipinski definition) is 6. The predicted molar refractivity (Wildman–Crippen MR) is 220 cm³/mol. The molecule has 0 radical (unpaired) electrons. The van der Waals surface area contributed by atoms with E-state index in [1.807, 2.05) is 0 Å². The average molecular weight is 737 g/mol. The first-order valence-electron chi connectivity index (χ1n) is 22.9. The van der Waals surface area contributed by atoms with Gasteiger partial charge in [0.05, 0.1) is 0 Å². The summed E-state index contributed by atoms with van der Waals surface area (Å²) in [5.74, 6) is -0.0165. The summed E-state index contributed by atoms with van der Waals surface area (Å²) in [7, 11) is 0. The van der Waals surface area contributed by atoms with Gasteiger partial charge in [0.1, 0.15) is 13.2 Å². The number of carbonyl (C=O) groups excluding carboxylic acids is 3. The lowest BCUT2D eigenvalue weighted by Crippen LogP contribution is -2.30. The van der Waals surface area contributed by atoms with Crippen molar-refractivity contribution in [3.8, 4) is 0 Å². The molecule has 0 aromatic rings. The fraction of sp³-hybridized carbons (Fsp3) is 0.935. The van der Waals surface area contributed by atoms with Crippen molar-refractivity contribution in [2.24, 2.45) is 5.92 Å². The number of unbranched alkanes of at least 4 members (excludes halogenated alkanes) is 28. The van der Waals surface area contributed by atoms with E-state index >= 15 is 0 Å². The first-order chi connectivity index (χ1) is 25.4. The lowest BCUT2D eigenvalue weighted by molar-refractivity contribution is -0.167. The standard InChI is InChI=1S/C46H88O6/c1-5-7-9-11-12-13-23-27-31-35-39-46(49)52-43(40-50-44(47)37-33-28-10-8-6-2)41-51-45(48)38-34-30-26-24-21-19-17-15-14-16-18-20-22-25-29-32-36-42(3)4/h42-43H,5-41H2,1-4H3/t43-/m1/s1. The van der Waals surface area contributed by atoms with Gasteiger partial charge >= 0.3 is 17.9 Å². The molecule has 6 nitrogen and oxygen atoms in total. The van der Waals surface area contributed by atoms with Gasteiger partial charge < -0.3 is 14.2 Å². The van der Waals surface area contributed by atoms with Gasteiger partial charge in [0.15, 0.2) is 6.10 Å². The van der Waals surface area contributed by atoms with Gasteiger partial charge in [-0.05, 0) is 25.2 Å². The third-order valence-electron chi connectivity index (χ3n) is 10.3. The second kappa shape index (κ2) is 40.6. The first-order valence-corrected chi connectivity index (χ1v) is 22.9. The minimum absolute atomic E-state index is 0.0647. The third-order valence-corrected chi connectivity index (χ3v) is 10.3. The summed E-state index contributed by atoms with van der Waals surface area (Å²) in [5, 5.41) is 0. The maximum Gasteiger partial charge on any atom is 0.306 e. The molecule has 0 heterocycles. The molecule has 0 unspecified atom stereocenters. The summed E-state index contributed by atoms with van der Waals surface area (Å²) in [6.07, 6.45) is 39.8. The fourth-order valence-electron chi connectivity index (χ4n) is 6.80. The second-order valence-electron chi connectivity index (χ2n) is 16.2. The Morgan fingerprint density at radius 1 is 0.365 bits per heavy atom. The number of rotatable bonds is 41. The van der Waals surface area contributed by atoms with Gasteiger partial charge in [0, 0.05) is 19.3 Å². The van der Waals surface area contributed by atoms with E-state index < -0.39 is 6.10 Å². The highest BCUT2D eigenvalue weighted by Crippen LogP contribution is 2.16. The van der Waals surface area contributed by atoms with Gasteiger partial charge in [0.25, 0.3) is 0 Å². The first kappa shape index (κ1) is 50.4. The van der Waals surface area contributed by atoms with Crippen LogP contribution in [0, 0.1) is 5.92 Å². The monoisotopic (exact) mass is 737 g/mol. The molecule has 0 amide bonds. The van der Waals surface area contributed by atoms with E-state index in [4.69, 9.17) is 14.2 Å². The molecule has 52 heavy (non-hydrogen) atoms. The van der Waals surface area contributed by atoms with Gasteiger partial charge in [-0.3, -0.25) is 14.4 Å². The van der Waals surface area contributed by atoms with Crippen LogP contribution in [0.1, 0.15) is 252 Å². The lowest BCUT2D eigenvalue weighted by atomic mass is 10.0. The van der Waals surface area contributed by atoms with Gasteiger partial charge in [0.2, 0.25) is 0 Å². The van der Waals surface area contributed by atoms with Gasteiger partial charge in [-0.1, -0.05) is 214 Å². The van der Waals surface area contributed by atoms with Crippen molar-refractivity contribution >= 4 is 17.9 Å². The Morgan fingerprint density at radius 3 is 0.942 bits per heavy atom. The molecule has 0 rings (SSSR count). The molecule has 0 bridgehead atoms. The zero-order chi connectivity index (χ0) is 38.2. The number of carbonyl (C=O) groups is 3. The Labute approximate surface area is 323 Å². The Balaban J connectivity index is 4.09. The van der Waals surface area contributed by atoms with Crippen molar-refractivity contribution in [2.75, 3.05) is 13.2 Å². The third kappa shape index (κ3) is 39.6. The highest BCUT2D eigenvalue weighted by Gasteiger charge is 2.19. The Morgan fingerprint density at radius 2 is 0.635 bits per heavy atom. The van der Waals surface area contributed by atoms with Crippen LogP contribution in [-0.2, 0) is 28.6 Å². The number of ether oxygens (including phenoxy) is 3. The molecule has 308 valence electrons. The Kier molecular flexibility index (Phi) is 39.4. The highest BCUT2D eigenvalue weighted by atomic mass is 16.6. The number of hydrogen-bond donors (Lipinski definition) is 0. The zero-order valence-electron chi connectivity index (χ0n) is 35.3.